The van der Waals surface area contributed by atoms with Crippen molar-refractivity contribution < 1.29 is 13.9 Å². The maximum absolute atomic E-state index is 13.0. The number of benzene rings is 2. The molecule has 0 radical (unpaired) electrons. The highest BCUT2D eigenvalue weighted by Crippen LogP contribution is 2.34. The minimum atomic E-state index is -0.353. The van der Waals surface area contributed by atoms with Crippen LogP contribution in [0.4, 0.5) is 10.1 Å². The van der Waals surface area contributed by atoms with E-state index in [0.717, 1.165) is 10.6 Å². The summed E-state index contributed by atoms with van der Waals surface area (Å²) in [6.07, 6.45) is 0. The lowest BCUT2D eigenvalue weighted by Gasteiger charge is -2.13. The van der Waals surface area contributed by atoms with E-state index in [0.29, 0.717) is 22.4 Å². The van der Waals surface area contributed by atoms with Gasteiger partial charge in [0.05, 0.1) is 23.4 Å². The maximum Gasteiger partial charge on any atom is 0.234 e. The smallest absolute Gasteiger partial charge is 0.234 e. The molecule has 0 aliphatic rings. The number of methoxy groups -OCH3 is 1. The molecular formula is C21H17FN4O2S2. The molecule has 1 amide bonds. The fourth-order valence-corrected chi connectivity index (χ4v) is 4.26. The molecule has 2 aromatic carbocycles. The molecule has 0 bridgehead atoms. The maximum atomic E-state index is 13.0. The van der Waals surface area contributed by atoms with E-state index in [1.807, 2.05) is 46.3 Å². The summed E-state index contributed by atoms with van der Waals surface area (Å²) in [5, 5.41) is 14.0. The van der Waals surface area contributed by atoms with Crippen LogP contribution in [0.15, 0.2) is 71.2 Å². The number of amides is 1. The third-order valence-corrected chi connectivity index (χ3v) is 5.96. The third-order valence-electron chi connectivity index (χ3n) is 4.16. The SMILES string of the molecule is COc1ccccc1-n1c(SCC(=O)Nc2ccc(F)cc2)nnc1-c1cccs1. The van der Waals surface area contributed by atoms with Gasteiger partial charge in [-0.3, -0.25) is 9.36 Å². The average molecular weight is 441 g/mol. The van der Waals surface area contributed by atoms with E-state index >= 15 is 0 Å². The van der Waals surface area contributed by atoms with Gasteiger partial charge in [-0.2, -0.15) is 0 Å². The zero-order valence-corrected chi connectivity index (χ0v) is 17.5. The topological polar surface area (TPSA) is 69.0 Å². The van der Waals surface area contributed by atoms with Crippen molar-refractivity contribution in [2.75, 3.05) is 18.2 Å². The highest BCUT2D eigenvalue weighted by Gasteiger charge is 2.20. The molecule has 30 heavy (non-hydrogen) atoms. The first-order chi connectivity index (χ1) is 14.7. The predicted molar refractivity (Wildman–Crippen MR) is 117 cm³/mol. The van der Waals surface area contributed by atoms with Crippen molar-refractivity contribution >= 4 is 34.7 Å². The molecule has 9 heteroatoms. The molecule has 0 atom stereocenters. The zero-order valence-electron chi connectivity index (χ0n) is 15.9. The fourth-order valence-electron chi connectivity index (χ4n) is 2.82. The first kappa shape index (κ1) is 20.1. The second kappa shape index (κ2) is 9.10. The van der Waals surface area contributed by atoms with Crippen molar-refractivity contribution in [1.82, 2.24) is 14.8 Å². The normalized spacial score (nSPS) is 10.7. The predicted octanol–water partition coefficient (Wildman–Crippen LogP) is 4.87. The van der Waals surface area contributed by atoms with E-state index < -0.39 is 0 Å². The Labute approximate surface area is 180 Å². The van der Waals surface area contributed by atoms with Gasteiger partial charge in [0.2, 0.25) is 5.91 Å². The average Bonchev–Trinajstić information content (AvgIpc) is 3.43. The van der Waals surface area contributed by atoms with E-state index in [4.69, 9.17) is 4.74 Å². The molecule has 1 N–H and O–H groups in total. The molecule has 152 valence electrons. The number of thioether (sulfide) groups is 1. The minimum absolute atomic E-state index is 0.120. The van der Waals surface area contributed by atoms with Gasteiger partial charge < -0.3 is 10.1 Å². The van der Waals surface area contributed by atoms with E-state index in [1.54, 1.807) is 18.4 Å². The third kappa shape index (κ3) is 4.37. The lowest BCUT2D eigenvalue weighted by Crippen LogP contribution is -2.14. The van der Waals surface area contributed by atoms with Gasteiger partial charge in [-0.05, 0) is 47.8 Å². The molecule has 0 fully saturated rings. The Hall–Kier alpha value is -3.17. The van der Waals surface area contributed by atoms with E-state index in [9.17, 15) is 9.18 Å². The number of rotatable bonds is 7. The van der Waals surface area contributed by atoms with Crippen molar-refractivity contribution in [3.8, 4) is 22.1 Å². The monoisotopic (exact) mass is 440 g/mol. The standard InChI is InChI=1S/C21H17FN4O2S2/c1-28-17-6-3-2-5-16(17)26-20(18-7-4-12-29-18)24-25-21(26)30-13-19(27)23-15-10-8-14(22)9-11-15/h2-12H,13H2,1H3,(H,23,27). The van der Waals surface area contributed by atoms with E-state index in [2.05, 4.69) is 15.5 Å². The van der Waals surface area contributed by atoms with Crippen molar-refractivity contribution in [1.29, 1.82) is 0 Å². The summed E-state index contributed by atoms with van der Waals surface area (Å²) >= 11 is 2.82. The zero-order chi connectivity index (χ0) is 20.9. The molecule has 0 aliphatic carbocycles. The van der Waals surface area contributed by atoms with Crippen LogP contribution < -0.4 is 10.1 Å². The Morgan fingerprint density at radius 3 is 2.67 bits per heavy atom. The summed E-state index contributed by atoms with van der Waals surface area (Å²) in [5.41, 5.74) is 1.32. The van der Waals surface area contributed by atoms with Crippen LogP contribution in [0.25, 0.3) is 16.4 Å². The van der Waals surface area contributed by atoms with Crippen molar-refractivity contribution in [3.63, 3.8) is 0 Å². The number of ether oxygens (including phenoxy) is 1. The molecule has 6 nitrogen and oxygen atoms in total. The van der Waals surface area contributed by atoms with E-state index in [-0.39, 0.29) is 17.5 Å². The van der Waals surface area contributed by atoms with Crippen LogP contribution in [0, 0.1) is 5.82 Å². The number of hydrogen-bond acceptors (Lipinski definition) is 6. The van der Waals surface area contributed by atoms with Crippen molar-refractivity contribution in [2.24, 2.45) is 0 Å². The van der Waals surface area contributed by atoms with Crippen molar-refractivity contribution in [3.05, 3.63) is 71.9 Å². The van der Waals surface area contributed by atoms with Crippen LogP contribution in [0.2, 0.25) is 0 Å². The van der Waals surface area contributed by atoms with Gasteiger partial charge in [-0.15, -0.1) is 21.5 Å². The summed E-state index contributed by atoms with van der Waals surface area (Å²) in [4.78, 5) is 13.3. The summed E-state index contributed by atoms with van der Waals surface area (Å²) in [6.45, 7) is 0. The Morgan fingerprint density at radius 2 is 1.93 bits per heavy atom. The molecule has 0 saturated carbocycles. The molecule has 2 aromatic heterocycles. The Balaban J connectivity index is 1.60. The number of anilines is 1. The first-order valence-corrected chi connectivity index (χ1v) is 10.8. The molecule has 2 heterocycles. The van der Waals surface area contributed by atoms with Crippen LogP contribution in [-0.4, -0.2) is 33.5 Å². The molecular weight excluding hydrogens is 423 g/mol. The number of carbonyl (C=O) groups is 1. The molecule has 4 aromatic rings. The quantitative estimate of drug-likeness (QED) is 0.415. The van der Waals surface area contributed by atoms with Gasteiger partial charge in [-0.25, -0.2) is 4.39 Å². The summed E-state index contributed by atoms with van der Waals surface area (Å²) in [6, 6.07) is 17.1. The van der Waals surface area contributed by atoms with Crippen LogP contribution in [0.3, 0.4) is 0 Å². The summed E-state index contributed by atoms with van der Waals surface area (Å²) in [5.74, 6) is 0.894. The lowest BCUT2D eigenvalue weighted by atomic mass is 10.3. The summed E-state index contributed by atoms with van der Waals surface area (Å²) in [7, 11) is 1.61. The van der Waals surface area contributed by atoms with E-state index in [1.165, 1.54) is 36.0 Å². The Kier molecular flexibility index (Phi) is 6.10. The van der Waals surface area contributed by atoms with Gasteiger partial charge in [-0.1, -0.05) is 30.0 Å². The van der Waals surface area contributed by atoms with Crippen LogP contribution in [-0.2, 0) is 4.79 Å². The van der Waals surface area contributed by atoms with Gasteiger partial charge >= 0.3 is 0 Å². The highest BCUT2D eigenvalue weighted by atomic mass is 32.2. The number of nitrogens with one attached hydrogen (secondary N) is 1. The molecule has 0 spiro atoms. The Morgan fingerprint density at radius 1 is 1.13 bits per heavy atom. The number of thiophene rings is 1. The molecule has 0 aliphatic heterocycles. The van der Waals surface area contributed by atoms with Crippen LogP contribution in [0.5, 0.6) is 5.75 Å². The second-order valence-electron chi connectivity index (χ2n) is 6.13. The largest absolute Gasteiger partial charge is 0.495 e. The van der Waals surface area contributed by atoms with Gasteiger partial charge in [0.1, 0.15) is 11.6 Å². The Bertz CT molecular complexity index is 1140. The number of nitrogens with zero attached hydrogens (tertiary/aromatic N) is 3. The first-order valence-electron chi connectivity index (χ1n) is 8.96. The highest BCUT2D eigenvalue weighted by molar-refractivity contribution is 7.99. The van der Waals surface area contributed by atoms with Crippen LogP contribution >= 0.6 is 23.1 Å². The van der Waals surface area contributed by atoms with Crippen molar-refractivity contribution in [2.45, 2.75) is 5.16 Å². The molecule has 0 unspecified atom stereocenters. The van der Waals surface area contributed by atoms with Crippen LogP contribution in [0.1, 0.15) is 0 Å². The molecule has 0 saturated heterocycles. The molecule has 4 rings (SSSR count). The van der Waals surface area contributed by atoms with Gasteiger partial charge in [0, 0.05) is 5.69 Å². The number of aromatic nitrogens is 3. The van der Waals surface area contributed by atoms with Gasteiger partial charge in [0.15, 0.2) is 11.0 Å². The number of halogens is 1. The van der Waals surface area contributed by atoms with Gasteiger partial charge in [0.25, 0.3) is 0 Å². The number of para-hydroxylation sites is 2. The second-order valence-corrected chi connectivity index (χ2v) is 8.02. The number of carbonyl (C=O) groups excluding carboxylic acids is 1. The minimum Gasteiger partial charge on any atom is -0.495 e. The summed E-state index contributed by atoms with van der Waals surface area (Å²) < 4.78 is 20.4. The number of hydrogen-bond donors (Lipinski definition) is 1. The fraction of sp³-hybridized carbons (Fsp3) is 0.0952. The lowest BCUT2D eigenvalue weighted by molar-refractivity contribution is -0.113.